The van der Waals surface area contributed by atoms with E-state index < -0.39 is 0 Å². The van der Waals surface area contributed by atoms with Crippen molar-refractivity contribution in [2.24, 2.45) is 0 Å². The van der Waals surface area contributed by atoms with E-state index in [-0.39, 0.29) is 18.6 Å². The first-order valence-corrected chi connectivity index (χ1v) is 5.79. The van der Waals surface area contributed by atoms with Gasteiger partial charge in [0.05, 0.1) is 12.6 Å². The topological polar surface area (TPSA) is 52.6 Å². The van der Waals surface area contributed by atoms with Gasteiger partial charge in [-0.1, -0.05) is 12.8 Å². The maximum atomic E-state index is 12.0. The lowest BCUT2D eigenvalue weighted by Crippen LogP contribution is -2.48. The van der Waals surface area contributed by atoms with Crippen LogP contribution in [0.15, 0.2) is 0 Å². The zero-order chi connectivity index (χ0) is 11.3. The molecule has 1 aliphatic carbocycles. The Morgan fingerprint density at radius 3 is 2.60 bits per heavy atom. The third-order valence-corrected chi connectivity index (χ3v) is 3.19. The highest BCUT2D eigenvalue weighted by Crippen LogP contribution is 2.23. The van der Waals surface area contributed by atoms with Crippen molar-refractivity contribution in [2.45, 2.75) is 44.7 Å². The van der Waals surface area contributed by atoms with Gasteiger partial charge in [0.15, 0.2) is 0 Å². The molecule has 0 aromatic carbocycles. The number of rotatable bonds is 5. The van der Waals surface area contributed by atoms with Crippen LogP contribution in [-0.4, -0.2) is 48.2 Å². The van der Waals surface area contributed by atoms with Crippen LogP contribution in [0, 0.1) is 0 Å². The van der Waals surface area contributed by atoms with Gasteiger partial charge in [-0.25, -0.2) is 0 Å². The lowest BCUT2D eigenvalue weighted by atomic mass is 10.1. The van der Waals surface area contributed by atoms with Crippen LogP contribution < -0.4 is 5.32 Å². The summed E-state index contributed by atoms with van der Waals surface area (Å²) in [6.07, 6.45) is 4.58. The SMILES string of the molecule is CNC(C)C(=O)N(CCO)C1CCCC1. The molecule has 4 heteroatoms. The van der Waals surface area contributed by atoms with Gasteiger partial charge in [-0.3, -0.25) is 4.79 Å². The number of likely N-dealkylation sites (N-methyl/N-ethyl adjacent to an activating group) is 1. The molecule has 88 valence electrons. The minimum absolute atomic E-state index is 0.0542. The van der Waals surface area contributed by atoms with Crippen LogP contribution in [0.3, 0.4) is 0 Å². The molecule has 0 aromatic heterocycles. The summed E-state index contributed by atoms with van der Waals surface area (Å²) in [4.78, 5) is 13.8. The van der Waals surface area contributed by atoms with Crippen molar-refractivity contribution in [3.8, 4) is 0 Å². The third kappa shape index (κ3) is 3.18. The number of amides is 1. The minimum atomic E-state index is -0.155. The first-order valence-electron chi connectivity index (χ1n) is 5.79. The molecule has 1 rings (SSSR count). The van der Waals surface area contributed by atoms with E-state index in [4.69, 9.17) is 5.11 Å². The van der Waals surface area contributed by atoms with Crippen LogP contribution in [0.1, 0.15) is 32.6 Å². The van der Waals surface area contributed by atoms with Crippen LogP contribution in [0.25, 0.3) is 0 Å². The Labute approximate surface area is 91.6 Å². The van der Waals surface area contributed by atoms with Gasteiger partial charge in [0.2, 0.25) is 5.91 Å². The van der Waals surface area contributed by atoms with Crippen molar-refractivity contribution in [2.75, 3.05) is 20.2 Å². The molecule has 1 saturated carbocycles. The van der Waals surface area contributed by atoms with Gasteiger partial charge in [-0.15, -0.1) is 0 Å². The average molecular weight is 214 g/mol. The third-order valence-electron chi connectivity index (χ3n) is 3.19. The van der Waals surface area contributed by atoms with Gasteiger partial charge in [0.25, 0.3) is 0 Å². The Bertz CT molecular complexity index is 203. The number of nitrogens with one attached hydrogen (secondary N) is 1. The number of carbonyl (C=O) groups is 1. The van der Waals surface area contributed by atoms with E-state index in [9.17, 15) is 4.79 Å². The van der Waals surface area contributed by atoms with Crippen molar-refractivity contribution in [3.05, 3.63) is 0 Å². The summed E-state index contributed by atoms with van der Waals surface area (Å²) in [5.41, 5.74) is 0. The minimum Gasteiger partial charge on any atom is -0.395 e. The second-order valence-corrected chi connectivity index (χ2v) is 4.20. The van der Waals surface area contributed by atoms with Crippen molar-refractivity contribution < 1.29 is 9.90 Å². The predicted molar refractivity (Wildman–Crippen MR) is 59.6 cm³/mol. The highest BCUT2D eigenvalue weighted by molar-refractivity contribution is 5.81. The Hall–Kier alpha value is -0.610. The summed E-state index contributed by atoms with van der Waals surface area (Å²) >= 11 is 0. The number of nitrogens with zero attached hydrogens (tertiary/aromatic N) is 1. The smallest absolute Gasteiger partial charge is 0.239 e. The van der Waals surface area contributed by atoms with Crippen molar-refractivity contribution in [1.29, 1.82) is 0 Å². The van der Waals surface area contributed by atoms with E-state index in [1.807, 2.05) is 11.8 Å². The normalized spacial score (nSPS) is 19.1. The molecule has 0 bridgehead atoms. The number of aliphatic hydroxyl groups is 1. The Balaban J connectivity index is 2.59. The van der Waals surface area contributed by atoms with Gasteiger partial charge in [0.1, 0.15) is 0 Å². The Morgan fingerprint density at radius 1 is 1.53 bits per heavy atom. The van der Waals surface area contributed by atoms with Crippen LogP contribution in [-0.2, 0) is 4.79 Å². The molecule has 0 spiro atoms. The highest BCUT2D eigenvalue weighted by atomic mass is 16.3. The molecule has 1 aliphatic rings. The lowest BCUT2D eigenvalue weighted by molar-refractivity contribution is -0.135. The fourth-order valence-electron chi connectivity index (χ4n) is 2.17. The molecule has 15 heavy (non-hydrogen) atoms. The van der Waals surface area contributed by atoms with Crippen LogP contribution in [0.2, 0.25) is 0 Å². The summed E-state index contributed by atoms with van der Waals surface area (Å²) in [5.74, 6) is 0.110. The quantitative estimate of drug-likeness (QED) is 0.694. The number of aliphatic hydroxyl groups excluding tert-OH is 1. The van der Waals surface area contributed by atoms with Gasteiger partial charge in [-0.05, 0) is 26.8 Å². The molecular formula is C11H22N2O2. The summed E-state index contributed by atoms with van der Waals surface area (Å²) in [6.45, 7) is 2.38. The van der Waals surface area contributed by atoms with Gasteiger partial charge < -0.3 is 15.3 Å². The maximum absolute atomic E-state index is 12.0. The molecule has 2 N–H and O–H groups in total. The molecular weight excluding hydrogens is 192 g/mol. The molecule has 0 radical (unpaired) electrons. The largest absolute Gasteiger partial charge is 0.395 e. The first kappa shape index (κ1) is 12.5. The molecule has 4 nitrogen and oxygen atoms in total. The van der Waals surface area contributed by atoms with Crippen molar-refractivity contribution >= 4 is 5.91 Å². The fraction of sp³-hybridized carbons (Fsp3) is 0.909. The zero-order valence-electron chi connectivity index (χ0n) is 9.70. The molecule has 1 unspecified atom stereocenters. The van der Waals surface area contributed by atoms with Crippen LogP contribution >= 0.6 is 0 Å². The maximum Gasteiger partial charge on any atom is 0.239 e. The number of hydrogen-bond acceptors (Lipinski definition) is 3. The van der Waals surface area contributed by atoms with E-state index in [1.165, 1.54) is 12.8 Å². The second-order valence-electron chi connectivity index (χ2n) is 4.20. The van der Waals surface area contributed by atoms with Gasteiger partial charge >= 0.3 is 0 Å². The molecule has 0 heterocycles. The average Bonchev–Trinajstić information content (AvgIpc) is 2.77. The predicted octanol–water partition coefficient (Wildman–Crippen LogP) is 0.358. The van der Waals surface area contributed by atoms with Crippen LogP contribution in [0.4, 0.5) is 0 Å². The summed E-state index contributed by atoms with van der Waals surface area (Å²) in [5, 5.41) is 11.9. The summed E-state index contributed by atoms with van der Waals surface area (Å²) in [6, 6.07) is 0.192. The number of hydrogen-bond donors (Lipinski definition) is 2. The molecule has 1 atom stereocenters. The summed E-state index contributed by atoms with van der Waals surface area (Å²) in [7, 11) is 1.79. The van der Waals surface area contributed by atoms with E-state index in [0.29, 0.717) is 12.6 Å². The Kier molecular flexibility index (Phi) is 5.05. The van der Waals surface area contributed by atoms with Gasteiger partial charge in [-0.2, -0.15) is 0 Å². The fourth-order valence-corrected chi connectivity index (χ4v) is 2.17. The second kappa shape index (κ2) is 6.08. The summed E-state index contributed by atoms with van der Waals surface area (Å²) < 4.78 is 0. The molecule has 1 amide bonds. The van der Waals surface area contributed by atoms with Gasteiger partial charge in [0, 0.05) is 12.6 Å². The molecule has 0 saturated heterocycles. The van der Waals surface area contributed by atoms with E-state index in [2.05, 4.69) is 5.32 Å². The van der Waals surface area contributed by atoms with Crippen molar-refractivity contribution in [3.63, 3.8) is 0 Å². The molecule has 0 aliphatic heterocycles. The number of carbonyl (C=O) groups excluding carboxylic acids is 1. The highest BCUT2D eigenvalue weighted by Gasteiger charge is 2.28. The van der Waals surface area contributed by atoms with E-state index in [1.54, 1.807) is 7.05 Å². The zero-order valence-corrected chi connectivity index (χ0v) is 9.70. The lowest BCUT2D eigenvalue weighted by Gasteiger charge is -2.30. The Morgan fingerprint density at radius 2 is 2.13 bits per heavy atom. The van der Waals surface area contributed by atoms with E-state index >= 15 is 0 Å². The monoisotopic (exact) mass is 214 g/mol. The first-order chi connectivity index (χ1) is 7.20. The molecule has 1 fully saturated rings. The van der Waals surface area contributed by atoms with E-state index in [0.717, 1.165) is 12.8 Å². The molecule has 0 aromatic rings. The standard InChI is InChI=1S/C11H22N2O2/c1-9(12-2)11(15)13(7-8-14)10-5-3-4-6-10/h9-10,12,14H,3-8H2,1-2H3. The van der Waals surface area contributed by atoms with Crippen molar-refractivity contribution in [1.82, 2.24) is 10.2 Å². The van der Waals surface area contributed by atoms with Crippen LogP contribution in [0.5, 0.6) is 0 Å².